The summed E-state index contributed by atoms with van der Waals surface area (Å²) in [6.07, 6.45) is 0. The molecule has 1 nitrogen and oxygen atoms in total. The van der Waals surface area contributed by atoms with Crippen LogP contribution in [0.4, 0.5) is 0 Å². The van der Waals surface area contributed by atoms with Crippen LogP contribution >= 0.6 is 15.8 Å². The van der Waals surface area contributed by atoms with Gasteiger partial charge in [-0.3, -0.25) is 0 Å². The molecule has 0 atom stereocenters. The molecule has 0 amide bonds. The van der Waals surface area contributed by atoms with Crippen molar-refractivity contribution in [1.82, 2.24) is 0 Å². The van der Waals surface area contributed by atoms with Crippen molar-refractivity contribution in [3.8, 4) is 11.5 Å². The van der Waals surface area contributed by atoms with Crippen LogP contribution < -0.4 is 49.0 Å². The zero-order valence-corrected chi connectivity index (χ0v) is 28.6. The van der Waals surface area contributed by atoms with Crippen LogP contribution in [0.25, 0.3) is 0 Å². The number of benzene rings is 6. The molecule has 0 bridgehead atoms. The van der Waals surface area contributed by atoms with E-state index in [2.05, 4.69) is 172 Å². The van der Waals surface area contributed by atoms with E-state index in [1.54, 1.807) is 0 Å². The third-order valence-electron chi connectivity index (χ3n) is 8.08. The average molecular weight is 721 g/mol. The van der Waals surface area contributed by atoms with E-state index in [0.29, 0.717) is 0 Å². The van der Waals surface area contributed by atoms with Crippen molar-refractivity contribution < 1.29 is 37.6 Å². The Bertz CT molecular complexity index is 1620. The first-order chi connectivity index (χ1) is 20.6. The number of hydrogen-bond acceptors (Lipinski definition) is 1. The first kappa shape index (κ1) is 32.3. The van der Waals surface area contributed by atoms with E-state index in [0.717, 1.165) is 11.5 Å². The molecule has 0 unspecified atom stereocenters. The summed E-state index contributed by atoms with van der Waals surface area (Å²) in [7, 11) is -1.65. The Balaban J connectivity index is 0.00000192. The third kappa shape index (κ3) is 5.96. The van der Waals surface area contributed by atoms with Crippen LogP contribution in [0.2, 0.25) is 0 Å². The zero-order chi connectivity index (χ0) is 28.5. The number of hydrogen-bond donors (Lipinski definition) is 0. The molecule has 0 aromatic heterocycles. The Morgan fingerprint density at radius 1 is 0.409 bits per heavy atom. The summed E-state index contributed by atoms with van der Waals surface area (Å²) in [5, 5.41) is 7.81. The molecule has 0 radical (unpaired) electrons. The maximum absolute atomic E-state index is 7.26. The van der Waals surface area contributed by atoms with Crippen LogP contribution in [0.5, 0.6) is 11.5 Å². The van der Waals surface area contributed by atoms with Crippen molar-refractivity contribution >= 4 is 47.7 Å². The molecule has 6 aromatic carbocycles. The summed E-state index contributed by atoms with van der Waals surface area (Å²) < 4.78 is 7.26. The minimum atomic E-state index is -0.824. The van der Waals surface area contributed by atoms with Gasteiger partial charge in [0.2, 0.25) is 0 Å². The van der Waals surface area contributed by atoms with E-state index in [1.807, 2.05) is 0 Å². The summed E-state index contributed by atoms with van der Waals surface area (Å²) in [5.41, 5.74) is 2.26. The smallest absolute Gasteiger partial charge is 1.00 e. The van der Waals surface area contributed by atoms with Gasteiger partial charge in [0, 0.05) is 27.2 Å². The molecule has 0 N–H and O–H groups in total. The van der Waals surface area contributed by atoms with Crippen LogP contribution in [-0.4, -0.2) is 0 Å². The Morgan fingerprint density at radius 2 is 0.705 bits per heavy atom. The van der Waals surface area contributed by atoms with Gasteiger partial charge in [0.15, 0.2) is 0 Å². The van der Waals surface area contributed by atoms with E-state index < -0.39 is 15.8 Å². The summed E-state index contributed by atoms with van der Waals surface area (Å²) in [6.45, 7) is 4.70. The summed E-state index contributed by atoms with van der Waals surface area (Å²) in [5.74, 6) is 2.02. The molecule has 0 fully saturated rings. The molecule has 0 saturated carbocycles. The van der Waals surface area contributed by atoms with Crippen molar-refractivity contribution in [3.63, 3.8) is 0 Å². The number of ether oxygens (including phenoxy) is 1. The van der Waals surface area contributed by atoms with Gasteiger partial charge in [-0.05, 0) is 37.1 Å². The SMILES string of the molecule is CC1(C)c2cccc(P(c3ccccc3)c3ccccc3)c2Oc2c(P(c3ccccc3)c3ccccc3)cccc21.[Cl-].[Pd+2]. The fraction of sp³-hybridized carbons (Fsp3) is 0.0769. The minimum Gasteiger partial charge on any atom is -1.00 e. The van der Waals surface area contributed by atoms with Crippen LogP contribution in [0, 0.1) is 0 Å². The van der Waals surface area contributed by atoms with Crippen LogP contribution in [-0.2, 0) is 25.8 Å². The topological polar surface area (TPSA) is 9.23 Å². The van der Waals surface area contributed by atoms with E-state index in [-0.39, 0.29) is 38.2 Å². The van der Waals surface area contributed by atoms with E-state index in [9.17, 15) is 0 Å². The Hall–Kier alpha value is -3.07. The van der Waals surface area contributed by atoms with Crippen molar-refractivity contribution in [1.29, 1.82) is 0 Å². The molecule has 44 heavy (non-hydrogen) atoms. The first-order valence-electron chi connectivity index (χ1n) is 14.4. The number of para-hydroxylation sites is 2. The predicted molar refractivity (Wildman–Crippen MR) is 182 cm³/mol. The maximum atomic E-state index is 7.26. The molecular weight excluding hydrogens is 688 g/mol. The molecule has 1 aliphatic rings. The fourth-order valence-electron chi connectivity index (χ4n) is 6.01. The fourth-order valence-corrected chi connectivity index (χ4v) is 10.8. The second kappa shape index (κ2) is 13.9. The number of rotatable bonds is 6. The average Bonchev–Trinajstić information content (AvgIpc) is 3.04. The largest absolute Gasteiger partial charge is 2.00 e. The van der Waals surface area contributed by atoms with E-state index >= 15 is 0 Å². The Labute approximate surface area is 283 Å². The molecule has 220 valence electrons. The summed E-state index contributed by atoms with van der Waals surface area (Å²) in [6, 6.07) is 57.2. The molecule has 0 spiro atoms. The van der Waals surface area contributed by atoms with Crippen LogP contribution in [0.3, 0.4) is 0 Å². The van der Waals surface area contributed by atoms with Gasteiger partial charge in [-0.25, -0.2) is 0 Å². The van der Waals surface area contributed by atoms with Gasteiger partial charge in [0.05, 0.1) is 0 Å². The van der Waals surface area contributed by atoms with Crippen molar-refractivity contribution in [2.45, 2.75) is 19.3 Å². The third-order valence-corrected chi connectivity index (χ3v) is 13.0. The van der Waals surface area contributed by atoms with Gasteiger partial charge in [-0.2, -0.15) is 0 Å². The first-order valence-corrected chi connectivity index (χ1v) is 17.1. The van der Waals surface area contributed by atoms with Gasteiger partial charge in [-0.15, -0.1) is 0 Å². The van der Waals surface area contributed by atoms with Crippen molar-refractivity contribution in [3.05, 3.63) is 169 Å². The maximum Gasteiger partial charge on any atom is 2.00 e. The van der Waals surface area contributed by atoms with Gasteiger partial charge in [-0.1, -0.05) is 172 Å². The normalized spacial score (nSPS) is 12.7. The predicted octanol–water partition coefficient (Wildman–Crippen LogP) is 4.64. The molecule has 5 heteroatoms. The molecule has 0 aliphatic carbocycles. The quantitative estimate of drug-likeness (QED) is 0.180. The second-order valence-corrected chi connectivity index (χ2v) is 15.4. The molecular formula is C39H32ClOP2Pd+. The number of halogens is 1. The van der Waals surface area contributed by atoms with Crippen LogP contribution in [0.1, 0.15) is 25.0 Å². The van der Waals surface area contributed by atoms with Gasteiger partial charge in [0.25, 0.3) is 0 Å². The summed E-state index contributed by atoms with van der Waals surface area (Å²) in [4.78, 5) is 0. The van der Waals surface area contributed by atoms with Gasteiger partial charge >= 0.3 is 20.4 Å². The van der Waals surface area contributed by atoms with Crippen molar-refractivity contribution in [2.24, 2.45) is 0 Å². The standard InChI is InChI=1S/C39H32OP2.ClH.Pd/c1-39(2)33-25-15-27-35(41(29-17-7-3-8-18-29)30-19-9-4-10-20-30)37(33)40-38-34(39)26-16-28-36(38)42(31-21-11-5-12-22-31)32-23-13-6-14-24-32;;/h3-28H,1-2H3;1H;/q;;+2/p-1. The van der Waals surface area contributed by atoms with Crippen LogP contribution in [0.15, 0.2) is 158 Å². The monoisotopic (exact) mass is 719 g/mol. The zero-order valence-electron chi connectivity index (χ0n) is 24.5. The Morgan fingerprint density at radius 3 is 1.00 bits per heavy atom. The molecule has 0 saturated heterocycles. The minimum absolute atomic E-state index is 0. The van der Waals surface area contributed by atoms with E-state index in [1.165, 1.54) is 43.0 Å². The van der Waals surface area contributed by atoms with Crippen molar-refractivity contribution in [2.75, 3.05) is 0 Å². The second-order valence-electron chi connectivity index (χ2n) is 11.0. The van der Waals surface area contributed by atoms with Gasteiger partial charge in [0.1, 0.15) is 11.5 Å². The molecule has 1 heterocycles. The number of fused-ring (bicyclic) bond motifs is 2. The Kier molecular flexibility index (Phi) is 10.2. The molecule has 6 aromatic rings. The van der Waals surface area contributed by atoms with E-state index in [4.69, 9.17) is 4.74 Å². The summed E-state index contributed by atoms with van der Waals surface area (Å²) >= 11 is 0. The molecule has 7 rings (SSSR count). The molecule has 1 aliphatic heterocycles. The van der Waals surface area contributed by atoms with Gasteiger partial charge < -0.3 is 17.1 Å².